The molecule has 0 heterocycles. The van der Waals surface area contributed by atoms with Crippen LogP contribution in [0.3, 0.4) is 0 Å². The fourth-order valence-electron chi connectivity index (χ4n) is 5.30. The summed E-state index contributed by atoms with van der Waals surface area (Å²) in [6.45, 7) is 6.27. The van der Waals surface area contributed by atoms with Crippen molar-refractivity contribution in [1.29, 1.82) is 0 Å². The lowest BCUT2D eigenvalue weighted by atomic mass is 10.0. The molecule has 0 aromatic heterocycles. The number of ether oxygens (including phenoxy) is 3. The summed E-state index contributed by atoms with van der Waals surface area (Å²) < 4.78 is 16.2. The summed E-state index contributed by atoms with van der Waals surface area (Å²) in [5, 5.41) is 0. The normalized spacial score (nSPS) is 11.8. The highest BCUT2D eigenvalue weighted by molar-refractivity contribution is 5.71. The van der Waals surface area contributed by atoms with Crippen molar-refractivity contribution in [2.24, 2.45) is 0 Å². The van der Waals surface area contributed by atoms with Gasteiger partial charge in [-0.25, -0.2) is 0 Å². The van der Waals surface area contributed by atoms with Crippen molar-refractivity contribution in [1.82, 2.24) is 0 Å². The highest BCUT2D eigenvalue weighted by atomic mass is 16.6. The summed E-state index contributed by atoms with van der Waals surface area (Å²) in [5.41, 5.74) is 0. The molecule has 0 bridgehead atoms. The van der Waals surface area contributed by atoms with E-state index in [1.54, 1.807) is 0 Å². The van der Waals surface area contributed by atoms with Crippen LogP contribution in [0, 0.1) is 0 Å². The number of hydrogen-bond donors (Lipinski definition) is 0. The van der Waals surface area contributed by atoms with Gasteiger partial charge in [0.15, 0.2) is 6.10 Å². The molecule has 254 valence electrons. The summed E-state index contributed by atoms with van der Waals surface area (Å²) in [5.74, 6) is -0.929. The third-order valence-electron chi connectivity index (χ3n) is 8.08. The third kappa shape index (κ3) is 31.6. The van der Waals surface area contributed by atoms with Gasteiger partial charge in [-0.1, -0.05) is 162 Å². The van der Waals surface area contributed by atoms with Gasteiger partial charge in [-0.3, -0.25) is 14.4 Å². The molecule has 1 atom stereocenters. The van der Waals surface area contributed by atoms with Gasteiger partial charge in [0.25, 0.3) is 0 Å². The van der Waals surface area contributed by atoms with Gasteiger partial charge in [-0.05, 0) is 19.3 Å². The van der Waals surface area contributed by atoms with Crippen molar-refractivity contribution in [3.05, 3.63) is 0 Å². The summed E-state index contributed by atoms with van der Waals surface area (Å²) in [6.07, 6.45) is 30.7. The van der Waals surface area contributed by atoms with Crippen molar-refractivity contribution in [2.75, 3.05) is 13.2 Å². The molecule has 0 aliphatic heterocycles. The van der Waals surface area contributed by atoms with Crippen molar-refractivity contribution >= 4 is 17.9 Å². The van der Waals surface area contributed by atoms with Crippen LogP contribution in [0.5, 0.6) is 0 Å². The predicted octanol–water partition coefficient (Wildman–Crippen LogP) is 11.0. The lowest BCUT2D eigenvalue weighted by Crippen LogP contribution is -2.30. The Bertz CT molecular complexity index is 635. The lowest BCUT2D eigenvalue weighted by Gasteiger charge is -2.18. The highest BCUT2D eigenvalue weighted by Crippen LogP contribution is 2.14. The Hall–Kier alpha value is -1.59. The molecule has 0 aromatic carbocycles. The molecule has 43 heavy (non-hydrogen) atoms. The molecule has 0 radical (unpaired) electrons. The minimum Gasteiger partial charge on any atom is -0.462 e. The van der Waals surface area contributed by atoms with Crippen LogP contribution in [-0.2, 0) is 28.6 Å². The van der Waals surface area contributed by atoms with Gasteiger partial charge in [0.2, 0.25) is 0 Å². The van der Waals surface area contributed by atoms with Crippen LogP contribution in [0.1, 0.15) is 201 Å². The Morgan fingerprint density at radius 2 is 0.674 bits per heavy atom. The monoisotopic (exact) mass is 611 g/mol. The van der Waals surface area contributed by atoms with Crippen molar-refractivity contribution in [3.8, 4) is 0 Å². The summed E-state index contributed by atoms with van der Waals surface area (Å²) in [7, 11) is 0. The van der Waals surface area contributed by atoms with E-state index in [0.29, 0.717) is 25.7 Å². The van der Waals surface area contributed by atoms with E-state index in [9.17, 15) is 14.4 Å². The third-order valence-corrected chi connectivity index (χ3v) is 8.08. The van der Waals surface area contributed by atoms with Crippen LogP contribution in [0.4, 0.5) is 0 Å². The lowest BCUT2D eigenvalue weighted by molar-refractivity contribution is -0.167. The zero-order valence-electron chi connectivity index (χ0n) is 28.7. The van der Waals surface area contributed by atoms with Crippen molar-refractivity contribution in [3.63, 3.8) is 0 Å². The Labute approximate surface area is 266 Å². The van der Waals surface area contributed by atoms with Gasteiger partial charge in [0.1, 0.15) is 13.2 Å². The average molecular weight is 611 g/mol. The number of unbranched alkanes of at least 4 members (excludes halogenated alkanes) is 22. The van der Waals surface area contributed by atoms with E-state index in [2.05, 4.69) is 13.8 Å². The molecule has 1 unspecified atom stereocenters. The summed E-state index contributed by atoms with van der Waals surface area (Å²) >= 11 is 0. The molecule has 0 N–H and O–H groups in total. The molecular weight excluding hydrogens is 540 g/mol. The largest absolute Gasteiger partial charge is 0.462 e. The predicted molar refractivity (Wildman–Crippen MR) is 178 cm³/mol. The quantitative estimate of drug-likeness (QED) is 0.0418. The number of hydrogen-bond acceptors (Lipinski definition) is 6. The van der Waals surface area contributed by atoms with Crippen molar-refractivity contribution < 1.29 is 28.6 Å². The van der Waals surface area contributed by atoms with Gasteiger partial charge >= 0.3 is 17.9 Å². The topological polar surface area (TPSA) is 78.9 Å². The molecule has 6 heteroatoms. The molecule has 0 saturated carbocycles. The maximum Gasteiger partial charge on any atom is 0.306 e. The Morgan fingerprint density at radius 1 is 0.372 bits per heavy atom. The van der Waals surface area contributed by atoms with Crippen LogP contribution in [0.15, 0.2) is 0 Å². The molecule has 0 fully saturated rings. The minimum absolute atomic E-state index is 0.0688. The molecule has 0 rings (SSSR count). The maximum absolute atomic E-state index is 12.5. The van der Waals surface area contributed by atoms with E-state index in [1.165, 1.54) is 116 Å². The first kappa shape index (κ1) is 41.4. The first-order valence-corrected chi connectivity index (χ1v) is 18.5. The number of carbonyl (C=O) groups is 3. The van der Waals surface area contributed by atoms with E-state index < -0.39 is 6.10 Å². The zero-order valence-corrected chi connectivity index (χ0v) is 28.7. The van der Waals surface area contributed by atoms with E-state index in [-0.39, 0.29) is 31.1 Å². The Morgan fingerprint density at radius 3 is 1.02 bits per heavy atom. The number of esters is 3. The SMILES string of the molecule is CCCCCCCCCCCCCCCC(=O)OC(COC(=O)CCC)COC(=O)CCCCCCCCCCCCC. The zero-order chi connectivity index (χ0) is 31.6. The van der Waals surface area contributed by atoms with Crippen LogP contribution >= 0.6 is 0 Å². The highest BCUT2D eigenvalue weighted by Gasteiger charge is 2.19. The molecule has 0 spiro atoms. The Kier molecular flexibility index (Phi) is 32.1. The molecule has 6 nitrogen and oxygen atoms in total. The molecule has 0 saturated heterocycles. The second kappa shape index (κ2) is 33.3. The van der Waals surface area contributed by atoms with Crippen LogP contribution in [0.2, 0.25) is 0 Å². The molecule has 0 aliphatic carbocycles. The van der Waals surface area contributed by atoms with Crippen LogP contribution in [0.25, 0.3) is 0 Å². The van der Waals surface area contributed by atoms with Gasteiger partial charge in [-0.15, -0.1) is 0 Å². The molecule has 0 amide bonds. The average Bonchev–Trinajstić information content (AvgIpc) is 2.99. The van der Waals surface area contributed by atoms with E-state index in [1.807, 2.05) is 6.92 Å². The minimum atomic E-state index is -0.753. The van der Waals surface area contributed by atoms with Crippen LogP contribution < -0.4 is 0 Å². The van der Waals surface area contributed by atoms with E-state index in [0.717, 1.165) is 38.5 Å². The fraction of sp³-hybridized carbons (Fsp3) is 0.919. The molecular formula is C37H70O6. The van der Waals surface area contributed by atoms with E-state index >= 15 is 0 Å². The van der Waals surface area contributed by atoms with Crippen molar-refractivity contribution in [2.45, 2.75) is 207 Å². The standard InChI is InChI=1S/C37H70O6/c1-4-7-9-11-13-15-17-18-20-22-24-26-28-31-37(40)43-34(32-41-35(38)29-6-3)33-42-36(39)30-27-25-23-21-19-16-14-12-10-8-5-2/h34H,4-33H2,1-3H3. The Balaban J connectivity index is 4.03. The molecule has 0 aliphatic rings. The second-order valence-electron chi connectivity index (χ2n) is 12.5. The first-order chi connectivity index (χ1) is 21.0. The summed E-state index contributed by atoms with van der Waals surface area (Å²) in [6, 6.07) is 0. The van der Waals surface area contributed by atoms with Crippen LogP contribution in [-0.4, -0.2) is 37.2 Å². The number of carbonyl (C=O) groups excluding carboxylic acids is 3. The van der Waals surface area contributed by atoms with Gasteiger partial charge in [0.05, 0.1) is 0 Å². The van der Waals surface area contributed by atoms with E-state index in [4.69, 9.17) is 14.2 Å². The molecule has 0 aromatic rings. The number of rotatable bonds is 33. The van der Waals surface area contributed by atoms with Gasteiger partial charge in [-0.2, -0.15) is 0 Å². The van der Waals surface area contributed by atoms with Gasteiger partial charge in [0, 0.05) is 19.3 Å². The first-order valence-electron chi connectivity index (χ1n) is 18.5. The second-order valence-corrected chi connectivity index (χ2v) is 12.5. The van der Waals surface area contributed by atoms with Gasteiger partial charge < -0.3 is 14.2 Å². The maximum atomic E-state index is 12.5. The summed E-state index contributed by atoms with van der Waals surface area (Å²) in [4.78, 5) is 36.6. The smallest absolute Gasteiger partial charge is 0.306 e. The fourth-order valence-corrected chi connectivity index (χ4v) is 5.30.